The van der Waals surface area contributed by atoms with Crippen LogP contribution in [0, 0.1) is 6.92 Å². The van der Waals surface area contributed by atoms with E-state index in [0.717, 1.165) is 12.8 Å². The number of hydrogen-bond acceptors (Lipinski definition) is 6. The number of esters is 1. The molecule has 1 saturated carbocycles. The van der Waals surface area contributed by atoms with E-state index in [0.29, 0.717) is 11.5 Å². The lowest BCUT2D eigenvalue weighted by atomic mass is 10.1. The molecule has 1 N–H and O–H groups in total. The van der Waals surface area contributed by atoms with Crippen molar-refractivity contribution in [1.82, 2.24) is 15.4 Å². The number of amides is 2. The molecule has 0 bridgehead atoms. The van der Waals surface area contributed by atoms with Gasteiger partial charge in [0.2, 0.25) is 5.91 Å². The van der Waals surface area contributed by atoms with E-state index in [1.54, 1.807) is 6.92 Å². The molecule has 1 aromatic heterocycles. The van der Waals surface area contributed by atoms with Gasteiger partial charge in [0.15, 0.2) is 12.4 Å². The van der Waals surface area contributed by atoms with Gasteiger partial charge >= 0.3 is 5.97 Å². The molecule has 0 radical (unpaired) electrons. The molecule has 0 aliphatic heterocycles. The van der Waals surface area contributed by atoms with E-state index in [4.69, 9.17) is 9.26 Å². The SMILES string of the molecule is Cc1noc(C(C)C)c1C(=O)OCC(=O)N(C)CC(=O)NC1CC1. The molecule has 8 nitrogen and oxygen atoms in total. The molecule has 8 heteroatoms. The van der Waals surface area contributed by atoms with Crippen LogP contribution in [0.4, 0.5) is 0 Å². The number of hydrogen-bond donors (Lipinski definition) is 1. The number of ether oxygens (including phenoxy) is 1. The van der Waals surface area contributed by atoms with Crippen molar-refractivity contribution in [2.75, 3.05) is 20.2 Å². The zero-order valence-electron chi connectivity index (χ0n) is 14.4. The Morgan fingerprint density at radius 2 is 2.04 bits per heavy atom. The first-order valence-electron chi connectivity index (χ1n) is 7.96. The van der Waals surface area contributed by atoms with Crippen molar-refractivity contribution in [3.63, 3.8) is 0 Å². The molecule has 1 heterocycles. The Balaban J connectivity index is 1.85. The Labute approximate surface area is 140 Å². The molecule has 132 valence electrons. The monoisotopic (exact) mass is 337 g/mol. The van der Waals surface area contributed by atoms with Gasteiger partial charge in [-0.3, -0.25) is 9.59 Å². The van der Waals surface area contributed by atoms with Gasteiger partial charge < -0.3 is 19.5 Å². The number of carbonyl (C=O) groups excluding carboxylic acids is 3. The van der Waals surface area contributed by atoms with Crippen LogP contribution in [0.5, 0.6) is 0 Å². The lowest BCUT2D eigenvalue weighted by Gasteiger charge is -2.16. The molecule has 0 spiro atoms. The highest BCUT2D eigenvalue weighted by atomic mass is 16.5. The van der Waals surface area contributed by atoms with Crippen LogP contribution in [0.15, 0.2) is 4.52 Å². The number of aryl methyl sites for hydroxylation is 1. The highest BCUT2D eigenvalue weighted by Gasteiger charge is 2.26. The van der Waals surface area contributed by atoms with E-state index in [9.17, 15) is 14.4 Å². The van der Waals surface area contributed by atoms with E-state index in [2.05, 4.69) is 10.5 Å². The molecule has 0 aromatic carbocycles. The minimum atomic E-state index is -0.651. The number of nitrogens with zero attached hydrogens (tertiary/aromatic N) is 2. The van der Waals surface area contributed by atoms with Crippen LogP contribution in [0.1, 0.15) is 54.4 Å². The normalized spacial score (nSPS) is 13.7. The second-order valence-corrected chi connectivity index (χ2v) is 6.33. The van der Waals surface area contributed by atoms with E-state index in [1.165, 1.54) is 11.9 Å². The van der Waals surface area contributed by atoms with Crippen molar-refractivity contribution in [3.05, 3.63) is 17.0 Å². The second-order valence-electron chi connectivity index (χ2n) is 6.33. The van der Waals surface area contributed by atoms with Gasteiger partial charge in [0.25, 0.3) is 5.91 Å². The number of carbonyl (C=O) groups is 3. The summed E-state index contributed by atoms with van der Waals surface area (Å²) in [5, 5.41) is 6.56. The fraction of sp³-hybridized carbons (Fsp3) is 0.625. The molecule has 1 aliphatic carbocycles. The molecule has 1 aromatic rings. The molecule has 2 amide bonds. The molecule has 2 rings (SSSR count). The molecule has 1 fully saturated rings. The lowest BCUT2D eigenvalue weighted by Crippen LogP contribution is -2.40. The third kappa shape index (κ3) is 4.56. The summed E-state index contributed by atoms with van der Waals surface area (Å²) < 4.78 is 10.2. The van der Waals surface area contributed by atoms with E-state index in [-0.39, 0.29) is 30.0 Å². The fourth-order valence-electron chi connectivity index (χ4n) is 2.14. The summed E-state index contributed by atoms with van der Waals surface area (Å²) in [7, 11) is 1.49. The fourth-order valence-corrected chi connectivity index (χ4v) is 2.14. The molecular weight excluding hydrogens is 314 g/mol. The van der Waals surface area contributed by atoms with Gasteiger partial charge in [0, 0.05) is 19.0 Å². The Bertz CT molecular complexity index is 634. The topological polar surface area (TPSA) is 102 Å². The minimum absolute atomic E-state index is 0.0294. The van der Waals surface area contributed by atoms with Crippen LogP contribution in [-0.2, 0) is 14.3 Å². The third-order valence-electron chi connectivity index (χ3n) is 3.69. The molecule has 0 saturated heterocycles. The van der Waals surface area contributed by atoms with Crippen molar-refractivity contribution in [2.45, 2.75) is 45.6 Å². The summed E-state index contributed by atoms with van der Waals surface area (Å²) in [6.07, 6.45) is 1.97. The van der Waals surface area contributed by atoms with Crippen LogP contribution >= 0.6 is 0 Å². The van der Waals surface area contributed by atoms with Crippen molar-refractivity contribution in [3.8, 4) is 0 Å². The number of likely N-dealkylation sites (N-methyl/N-ethyl adjacent to an activating group) is 1. The van der Waals surface area contributed by atoms with Crippen LogP contribution in [0.2, 0.25) is 0 Å². The Hall–Kier alpha value is -2.38. The highest BCUT2D eigenvalue weighted by Crippen LogP contribution is 2.23. The van der Waals surface area contributed by atoms with Crippen molar-refractivity contribution in [2.24, 2.45) is 0 Å². The van der Waals surface area contributed by atoms with Gasteiger partial charge in [-0.05, 0) is 19.8 Å². The smallest absolute Gasteiger partial charge is 0.344 e. The largest absolute Gasteiger partial charge is 0.452 e. The number of rotatable bonds is 7. The first-order valence-corrected chi connectivity index (χ1v) is 7.96. The maximum atomic E-state index is 12.2. The summed E-state index contributed by atoms with van der Waals surface area (Å²) in [4.78, 5) is 37.1. The van der Waals surface area contributed by atoms with Crippen LogP contribution in [-0.4, -0.2) is 54.1 Å². The first kappa shape index (κ1) is 18.0. The molecular formula is C16H23N3O5. The van der Waals surface area contributed by atoms with Crippen molar-refractivity contribution < 1.29 is 23.6 Å². The number of nitrogens with one attached hydrogen (secondary N) is 1. The number of aromatic nitrogens is 1. The van der Waals surface area contributed by atoms with Gasteiger partial charge in [0.1, 0.15) is 5.56 Å². The van der Waals surface area contributed by atoms with Crippen LogP contribution < -0.4 is 5.32 Å². The molecule has 24 heavy (non-hydrogen) atoms. The van der Waals surface area contributed by atoms with E-state index in [1.807, 2.05) is 13.8 Å². The van der Waals surface area contributed by atoms with Gasteiger partial charge in [-0.25, -0.2) is 4.79 Å². The molecule has 1 aliphatic rings. The average Bonchev–Trinajstić information content (AvgIpc) is 3.22. The third-order valence-corrected chi connectivity index (χ3v) is 3.69. The Morgan fingerprint density at radius 1 is 1.38 bits per heavy atom. The van der Waals surface area contributed by atoms with Crippen LogP contribution in [0.3, 0.4) is 0 Å². The van der Waals surface area contributed by atoms with Gasteiger partial charge in [-0.15, -0.1) is 0 Å². The van der Waals surface area contributed by atoms with E-state index < -0.39 is 18.5 Å². The molecule has 0 atom stereocenters. The predicted molar refractivity (Wildman–Crippen MR) is 84.4 cm³/mol. The highest BCUT2D eigenvalue weighted by molar-refractivity contribution is 5.93. The first-order chi connectivity index (χ1) is 11.3. The summed E-state index contributed by atoms with van der Waals surface area (Å²) in [5.41, 5.74) is 0.681. The Kier molecular flexibility index (Phi) is 5.58. The van der Waals surface area contributed by atoms with Crippen LogP contribution in [0.25, 0.3) is 0 Å². The minimum Gasteiger partial charge on any atom is -0.452 e. The lowest BCUT2D eigenvalue weighted by molar-refractivity contribution is -0.137. The summed E-state index contributed by atoms with van der Waals surface area (Å²) >= 11 is 0. The molecule has 0 unspecified atom stereocenters. The summed E-state index contributed by atoms with van der Waals surface area (Å²) in [6.45, 7) is 4.88. The van der Waals surface area contributed by atoms with E-state index >= 15 is 0 Å². The maximum Gasteiger partial charge on any atom is 0.344 e. The second kappa shape index (κ2) is 7.46. The Morgan fingerprint density at radius 3 is 2.62 bits per heavy atom. The average molecular weight is 337 g/mol. The van der Waals surface area contributed by atoms with Gasteiger partial charge in [-0.1, -0.05) is 19.0 Å². The quantitative estimate of drug-likeness (QED) is 0.745. The van der Waals surface area contributed by atoms with Crippen molar-refractivity contribution in [1.29, 1.82) is 0 Å². The standard InChI is InChI=1S/C16H23N3O5/c1-9(2)15-14(10(3)18-24-15)16(22)23-8-13(21)19(4)7-12(20)17-11-5-6-11/h9,11H,5-8H2,1-4H3,(H,17,20). The van der Waals surface area contributed by atoms with Crippen molar-refractivity contribution >= 4 is 17.8 Å². The summed E-state index contributed by atoms with van der Waals surface area (Å²) in [6, 6.07) is 0.241. The van der Waals surface area contributed by atoms with Gasteiger partial charge in [-0.2, -0.15) is 0 Å². The predicted octanol–water partition coefficient (Wildman–Crippen LogP) is 1.00. The maximum absolute atomic E-state index is 12.2. The van der Waals surface area contributed by atoms with Gasteiger partial charge in [0.05, 0.1) is 12.2 Å². The summed E-state index contributed by atoms with van der Waals surface area (Å²) in [5.74, 6) is -0.909. The zero-order valence-corrected chi connectivity index (χ0v) is 14.4. The zero-order chi connectivity index (χ0) is 17.9.